The molecule has 0 aliphatic heterocycles. The molecular formula is C23H23Cl2N3O2S. The van der Waals surface area contributed by atoms with Gasteiger partial charge in [0.2, 0.25) is 5.91 Å². The quantitative estimate of drug-likeness (QED) is 0.333. The summed E-state index contributed by atoms with van der Waals surface area (Å²) in [4.78, 5) is 32.3. The van der Waals surface area contributed by atoms with E-state index in [4.69, 9.17) is 23.2 Å². The van der Waals surface area contributed by atoms with E-state index in [1.807, 2.05) is 37.3 Å². The molecule has 0 spiro atoms. The lowest BCUT2D eigenvalue weighted by atomic mass is 10.1. The Hall–Kier alpha value is -2.28. The zero-order valence-electron chi connectivity index (χ0n) is 17.2. The molecule has 3 aromatic rings. The summed E-state index contributed by atoms with van der Waals surface area (Å²) in [5, 5.41) is 4.53. The van der Waals surface area contributed by atoms with E-state index < -0.39 is 0 Å². The molecule has 1 unspecified atom stereocenters. The van der Waals surface area contributed by atoms with Gasteiger partial charge in [0.15, 0.2) is 5.16 Å². The van der Waals surface area contributed by atoms with Crippen LogP contribution in [0, 0.1) is 6.92 Å². The Morgan fingerprint density at radius 1 is 1.19 bits per heavy atom. The highest BCUT2D eigenvalue weighted by Gasteiger charge is 2.15. The maximum Gasteiger partial charge on any atom is 0.254 e. The van der Waals surface area contributed by atoms with Crippen molar-refractivity contribution in [2.45, 2.75) is 43.6 Å². The minimum atomic E-state index is -0.272. The average Bonchev–Trinajstić information content (AvgIpc) is 2.72. The van der Waals surface area contributed by atoms with Crippen LogP contribution in [0.4, 0.5) is 0 Å². The van der Waals surface area contributed by atoms with E-state index in [2.05, 4.69) is 15.3 Å². The fourth-order valence-electron chi connectivity index (χ4n) is 3.16. The van der Waals surface area contributed by atoms with E-state index in [9.17, 15) is 9.59 Å². The summed E-state index contributed by atoms with van der Waals surface area (Å²) in [6.07, 6.45) is 0.488. The van der Waals surface area contributed by atoms with Gasteiger partial charge in [-0.2, -0.15) is 0 Å². The van der Waals surface area contributed by atoms with Gasteiger partial charge in [0, 0.05) is 33.5 Å². The molecule has 0 aliphatic rings. The Kier molecular flexibility index (Phi) is 8.18. The van der Waals surface area contributed by atoms with Crippen molar-refractivity contribution in [2.75, 3.05) is 0 Å². The maximum absolute atomic E-state index is 12.5. The molecule has 2 aromatic carbocycles. The van der Waals surface area contributed by atoms with Gasteiger partial charge in [-0.3, -0.25) is 9.59 Å². The molecule has 0 saturated heterocycles. The molecular weight excluding hydrogens is 453 g/mol. The Labute approximate surface area is 195 Å². The first-order valence-corrected chi connectivity index (χ1v) is 11.6. The van der Waals surface area contributed by atoms with Crippen LogP contribution >= 0.6 is 35.0 Å². The van der Waals surface area contributed by atoms with Crippen molar-refractivity contribution in [1.82, 2.24) is 15.3 Å². The number of hydrogen-bond acceptors (Lipinski definition) is 4. The van der Waals surface area contributed by atoms with Crippen LogP contribution in [-0.2, 0) is 17.0 Å². The lowest BCUT2D eigenvalue weighted by Gasteiger charge is -2.16. The number of aromatic amines is 1. The molecule has 0 radical (unpaired) electrons. The van der Waals surface area contributed by atoms with Crippen LogP contribution in [0.2, 0.25) is 10.0 Å². The van der Waals surface area contributed by atoms with Gasteiger partial charge in [0.05, 0.1) is 6.04 Å². The molecule has 5 nitrogen and oxygen atoms in total. The summed E-state index contributed by atoms with van der Waals surface area (Å²) in [6, 6.07) is 14.9. The Morgan fingerprint density at radius 2 is 1.94 bits per heavy atom. The summed E-state index contributed by atoms with van der Waals surface area (Å²) in [5.74, 6) is 0.552. The van der Waals surface area contributed by atoms with Crippen LogP contribution in [0.25, 0.3) is 0 Å². The SMILES string of the molecule is Cc1nc(SCc2ccccc2)[nH]c(=O)c1CCC(=O)NC(C)c1ccc(Cl)cc1Cl. The van der Waals surface area contributed by atoms with Gasteiger partial charge in [-0.25, -0.2) is 4.98 Å². The highest BCUT2D eigenvalue weighted by molar-refractivity contribution is 7.98. The zero-order valence-corrected chi connectivity index (χ0v) is 19.6. The molecule has 31 heavy (non-hydrogen) atoms. The number of H-pyrrole nitrogens is 1. The third-order valence-corrected chi connectivity index (χ3v) is 6.33. The second-order valence-electron chi connectivity index (χ2n) is 7.16. The molecule has 0 bridgehead atoms. The third kappa shape index (κ3) is 6.60. The summed E-state index contributed by atoms with van der Waals surface area (Å²) >= 11 is 13.6. The van der Waals surface area contributed by atoms with E-state index in [0.29, 0.717) is 32.9 Å². The number of rotatable bonds is 8. The Balaban J connectivity index is 1.58. The van der Waals surface area contributed by atoms with Crippen LogP contribution in [0.15, 0.2) is 58.5 Å². The topological polar surface area (TPSA) is 74.8 Å². The van der Waals surface area contributed by atoms with E-state index in [0.717, 1.165) is 16.9 Å². The molecule has 3 rings (SSSR count). The van der Waals surface area contributed by atoms with Crippen molar-refractivity contribution in [3.8, 4) is 0 Å². The van der Waals surface area contributed by atoms with Crippen molar-refractivity contribution in [3.63, 3.8) is 0 Å². The molecule has 1 heterocycles. The first kappa shape index (κ1) is 23.4. The molecule has 162 valence electrons. The smallest absolute Gasteiger partial charge is 0.254 e. The minimum absolute atomic E-state index is 0.167. The summed E-state index contributed by atoms with van der Waals surface area (Å²) in [6.45, 7) is 3.65. The molecule has 2 N–H and O–H groups in total. The first-order chi connectivity index (χ1) is 14.8. The second kappa shape index (κ2) is 10.8. The standard InChI is InChI=1S/C23H23Cl2N3O2S/c1-14(18-9-8-17(24)12-20(18)25)26-21(29)11-10-19-15(2)27-23(28-22(19)30)31-13-16-6-4-3-5-7-16/h3-9,12,14H,10-11,13H2,1-2H3,(H,26,29)(H,27,28,30). The van der Waals surface area contributed by atoms with Gasteiger partial charge in [0.1, 0.15) is 0 Å². The van der Waals surface area contributed by atoms with E-state index >= 15 is 0 Å². The number of carbonyl (C=O) groups excluding carboxylic acids is 1. The second-order valence-corrected chi connectivity index (χ2v) is 8.97. The van der Waals surface area contributed by atoms with Crippen molar-refractivity contribution in [3.05, 3.63) is 91.3 Å². The number of carbonyl (C=O) groups is 1. The van der Waals surface area contributed by atoms with E-state index in [1.165, 1.54) is 11.8 Å². The number of amides is 1. The van der Waals surface area contributed by atoms with Gasteiger partial charge in [0.25, 0.3) is 5.56 Å². The van der Waals surface area contributed by atoms with Gasteiger partial charge in [-0.15, -0.1) is 0 Å². The van der Waals surface area contributed by atoms with Crippen molar-refractivity contribution in [2.24, 2.45) is 0 Å². The molecule has 1 amide bonds. The lowest BCUT2D eigenvalue weighted by Crippen LogP contribution is -2.28. The summed E-state index contributed by atoms with van der Waals surface area (Å²) < 4.78 is 0. The van der Waals surface area contributed by atoms with Gasteiger partial charge >= 0.3 is 0 Å². The minimum Gasteiger partial charge on any atom is -0.350 e. The summed E-state index contributed by atoms with van der Waals surface area (Å²) in [5.41, 5.74) is 2.90. The number of hydrogen-bond donors (Lipinski definition) is 2. The van der Waals surface area contributed by atoms with Crippen LogP contribution < -0.4 is 10.9 Å². The zero-order chi connectivity index (χ0) is 22.4. The Morgan fingerprint density at radius 3 is 2.61 bits per heavy atom. The van der Waals surface area contributed by atoms with Gasteiger partial charge in [-0.1, -0.05) is 71.4 Å². The summed E-state index contributed by atoms with van der Waals surface area (Å²) in [7, 11) is 0. The largest absolute Gasteiger partial charge is 0.350 e. The van der Waals surface area contributed by atoms with Crippen LogP contribution in [-0.4, -0.2) is 15.9 Å². The van der Waals surface area contributed by atoms with Crippen molar-refractivity contribution >= 4 is 40.9 Å². The van der Waals surface area contributed by atoms with Crippen LogP contribution in [0.3, 0.4) is 0 Å². The first-order valence-electron chi connectivity index (χ1n) is 9.84. The number of nitrogens with zero attached hydrogens (tertiary/aromatic N) is 1. The fourth-order valence-corrected chi connectivity index (χ4v) is 4.59. The van der Waals surface area contributed by atoms with E-state index in [-0.39, 0.29) is 23.9 Å². The predicted molar refractivity (Wildman–Crippen MR) is 127 cm³/mol. The normalized spacial score (nSPS) is 11.9. The highest BCUT2D eigenvalue weighted by atomic mass is 35.5. The number of thioether (sulfide) groups is 1. The van der Waals surface area contributed by atoms with Gasteiger partial charge < -0.3 is 10.3 Å². The van der Waals surface area contributed by atoms with Crippen LogP contribution in [0.5, 0.6) is 0 Å². The molecule has 1 aromatic heterocycles. The molecule has 8 heteroatoms. The average molecular weight is 476 g/mol. The van der Waals surface area contributed by atoms with Crippen LogP contribution in [0.1, 0.15) is 41.8 Å². The number of benzene rings is 2. The molecule has 0 fully saturated rings. The van der Waals surface area contributed by atoms with Gasteiger partial charge in [-0.05, 0) is 43.5 Å². The number of aryl methyl sites for hydroxylation is 1. The fraction of sp³-hybridized carbons (Fsp3) is 0.261. The predicted octanol–water partition coefficient (Wildman–Crippen LogP) is 5.49. The highest BCUT2D eigenvalue weighted by Crippen LogP contribution is 2.26. The molecule has 0 saturated carbocycles. The number of nitrogens with one attached hydrogen (secondary N) is 2. The molecule has 0 aliphatic carbocycles. The maximum atomic E-state index is 12.5. The third-order valence-electron chi connectivity index (χ3n) is 4.83. The number of halogens is 2. The van der Waals surface area contributed by atoms with Crippen molar-refractivity contribution < 1.29 is 4.79 Å². The monoisotopic (exact) mass is 475 g/mol. The van der Waals surface area contributed by atoms with Crippen molar-refractivity contribution in [1.29, 1.82) is 0 Å². The molecule has 1 atom stereocenters. The Bertz CT molecular complexity index is 1120. The number of aromatic nitrogens is 2. The van der Waals surface area contributed by atoms with E-state index in [1.54, 1.807) is 25.1 Å². The lowest BCUT2D eigenvalue weighted by molar-refractivity contribution is -0.121.